The molecule has 100 valence electrons. The van der Waals surface area contributed by atoms with Gasteiger partial charge in [0.2, 0.25) is 11.6 Å². The largest absolute Gasteiger partial charge is 0.285 e. The summed E-state index contributed by atoms with van der Waals surface area (Å²) in [6.07, 6.45) is 3.86. The Hall–Kier alpha value is -2.00. The van der Waals surface area contributed by atoms with E-state index in [-0.39, 0.29) is 0 Å². The lowest BCUT2D eigenvalue weighted by Gasteiger charge is -2.02. The van der Waals surface area contributed by atoms with Crippen LogP contribution in [0.5, 0.6) is 0 Å². The van der Waals surface area contributed by atoms with Crippen LogP contribution < -0.4 is 0 Å². The molecule has 20 heavy (non-hydrogen) atoms. The zero-order chi connectivity index (χ0) is 14.5. The smallest absolute Gasteiger partial charge is 0.233 e. The number of hydrogen-bond donors (Lipinski definition) is 0. The highest BCUT2D eigenvalue weighted by atomic mass is 79.9. The summed E-state index contributed by atoms with van der Waals surface area (Å²) < 4.78 is 0.872. The third-order valence-corrected chi connectivity index (χ3v) is 3.37. The summed E-state index contributed by atoms with van der Waals surface area (Å²) in [6.45, 7) is 1.93. The van der Waals surface area contributed by atoms with Crippen LogP contribution in [0.2, 0.25) is 0 Å². The molecule has 0 heterocycles. The van der Waals surface area contributed by atoms with Crippen molar-refractivity contribution >= 4 is 33.6 Å². The van der Waals surface area contributed by atoms with Gasteiger partial charge in [0.1, 0.15) is 0 Å². The molecule has 0 saturated carbocycles. The molecule has 0 bridgehead atoms. The van der Waals surface area contributed by atoms with E-state index in [2.05, 4.69) is 15.9 Å². The summed E-state index contributed by atoms with van der Waals surface area (Å²) in [6, 6.07) is 13.8. The summed E-state index contributed by atoms with van der Waals surface area (Å²) in [4.78, 5) is 24.2. The van der Waals surface area contributed by atoms with Gasteiger partial charge in [-0.15, -0.1) is 0 Å². The molecule has 0 N–H and O–H groups in total. The van der Waals surface area contributed by atoms with Crippen LogP contribution in [0.4, 0.5) is 0 Å². The van der Waals surface area contributed by atoms with Gasteiger partial charge in [0.25, 0.3) is 0 Å². The van der Waals surface area contributed by atoms with E-state index in [4.69, 9.17) is 0 Å². The molecule has 0 radical (unpaired) electrons. The molecule has 3 heteroatoms. The quantitative estimate of drug-likeness (QED) is 0.609. The van der Waals surface area contributed by atoms with Gasteiger partial charge in [-0.25, -0.2) is 0 Å². The predicted molar refractivity (Wildman–Crippen MR) is 84.0 cm³/mol. The van der Waals surface area contributed by atoms with Crippen LogP contribution >= 0.6 is 15.9 Å². The SMILES string of the molecule is C/C=C/c1ccc(C(=O)C(=O)c2ccc(Br)cc2)cc1. The zero-order valence-electron chi connectivity index (χ0n) is 11.0. The number of carbonyl (C=O) groups excluding carboxylic acids is 2. The first-order chi connectivity index (χ1) is 9.61. The minimum atomic E-state index is -0.490. The first kappa shape index (κ1) is 14.4. The molecule has 2 aromatic rings. The van der Waals surface area contributed by atoms with Crippen LogP contribution in [0, 0.1) is 0 Å². The highest BCUT2D eigenvalue weighted by Crippen LogP contribution is 2.14. The second-order valence-electron chi connectivity index (χ2n) is 4.29. The van der Waals surface area contributed by atoms with Gasteiger partial charge in [0.15, 0.2) is 0 Å². The summed E-state index contributed by atoms with van der Waals surface area (Å²) in [7, 11) is 0. The van der Waals surface area contributed by atoms with Gasteiger partial charge in [-0.2, -0.15) is 0 Å². The van der Waals surface area contributed by atoms with Crippen molar-refractivity contribution in [3.8, 4) is 0 Å². The number of ketones is 2. The Morgan fingerprint density at radius 2 is 1.30 bits per heavy atom. The van der Waals surface area contributed by atoms with Crippen molar-refractivity contribution in [3.63, 3.8) is 0 Å². The Bertz CT molecular complexity index is 652. The lowest BCUT2D eigenvalue weighted by Crippen LogP contribution is -2.14. The van der Waals surface area contributed by atoms with Crippen molar-refractivity contribution in [1.29, 1.82) is 0 Å². The molecule has 2 nitrogen and oxygen atoms in total. The maximum Gasteiger partial charge on any atom is 0.233 e. The topological polar surface area (TPSA) is 34.1 Å². The first-order valence-corrected chi connectivity index (χ1v) is 6.98. The van der Waals surface area contributed by atoms with Gasteiger partial charge in [-0.1, -0.05) is 52.3 Å². The van der Waals surface area contributed by atoms with Crippen molar-refractivity contribution < 1.29 is 9.59 Å². The van der Waals surface area contributed by atoms with Gasteiger partial charge in [0.05, 0.1) is 0 Å². The molecule has 0 amide bonds. The average Bonchev–Trinajstić information content (AvgIpc) is 2.48. The highest BCUT2D eigenvalue weighted by molar-refractivity contribution is 9.10. The number of hydrogen-bond acceptors (Lipinski definition) is 2. The lowest BCUT2D eigenvalue weighted by atomic mass is 10.0. The van der Waals surface area contributed by atoms with E-state index in [1.165, 1.54) is 0 Å². The number of halogens is 1. The Labute approximate surface area is 126 Å². The van der Waals surface area contributed by atoms with E-state index in [0.717, 1.165) is 10.0 Å². The van der Waals surface area contributed by atoms with Crippen molar-refractivity contribution in [1.82, 2.24) is 0 Å². The molecular weight excluding hydrogens is 316 g/mol. The van der Waals surface area contributed by atoms with Crippen LogP contribution in [-0.2, 0) is 0 Å². The molecule has 0 atom stereocenters. The van der Waals surface area contributed by atoms with Crippen LogP contribution in [0.3, 0.4) is 0 Å². The Balaban J connectivity index is 2.22. The molecule has 0 aliphatic heterocycles. The fourth-order valence-electron chi connectivity index (χ4n) is 1.80. The van der Waals surface area contributed by atoms with Gasteiger partial charge in [-0.05, 0) is 36.8 Å². The molecule has 0 saturated heterocycles. The van der Waals surface area contributed by atoms with Crippen molar-refractivity contribution in [3.05, 3.63) is 75.8 Å². The Morgan fingerprint density at radius 3 is 1.75 bits per heavy atom. The van der Waals surface area contributed by atoms with Crippen LogP contribution in [0.25, 0.3) is 6.08 Å². The van der Waals surface area contributed by atoms with Crippen molar-refractivity contribution in [2.75, 3.05) is 0 Å². The van der Waals surface area contributed by atoms with Crippen LogP contribution in [0.15, 0.2) is 59.1 Å². The van der Waals surface area contributed by atoms with E-state index in [9.17, 15) is 9.59 Å². The number of Topliss-reactive ketones (excluding diaryl/α,β-unsaturated/α-hetero) is 2. The second-order valence-corrected chi connectivity index (χ2v) is 5.20. The summed E-state index contributed by atoms with van der Waals surface area (Å²) in [5, 5.41) is 0. The Morgan fingerprint density at radius 1 is 0.850 bits per heavy atom. The first-order valence-electron chi connectivity index (χ1n) is 6.19. The third-order valence-electron chi connectivity index (χ3n) is 2.84. The molecule has 2 rings (SSSR count). The molecule has 0 unspecified atom stereocenters. The number of benzene rings is 2. The minimum Gasteiger partial charge on any atom is -0.285 e. The van der Waals surface area contributed by atoms with Gasteiger partial charge < -0.3 is 0 Å². The molecule has 2 aromatic carbocycles. The second kappa shape index (κ2) is 6.44. The summed E-state index contributed by atoms with van der Waals surface area (Å²) >= 11 is 3.30. The van der Waals surface area contributed by atoms with Crippen LogP contribution in [-0.4, -0.2) is 11.6 Å². The average molecular weight is 329 g/mol. The number of rotatable bonds is 4. The van der Waals surface area contributed by atoms with E-state index >= 15 is 0 Å². The number of carbonyl (C=O) groups is 2. The summed E-state index contributed by atoms with van der Waals surface area (Å²) in [5.41, 5.74) is 1.81. The molecule has 0 aromatic heterocycles. The maximum absolute atomic E-state index is 12.1. The molecule has 0 aliphatic rings. The normalized spacial score (nSPS) is 10.7. The number of allylic oxidation sites excluding steroid dienone is 1. The van der Waals surface area contributed by atoms with Crippen molar-refractivity contribution in [2.24, 2.45) is 0 Å². The van der Waals surface area contributed by atoms with E-state index in [1.54, 1.807) is 36.4 Å². The minimum absolute atomic E-state index is 0.399. The van der Waals surface area contributed by atoms with E-state index in [0.29, 0.717) is 11.1 Å². The highest BCUT2D eigenvalue weighted by Gasteiger charge is 2.17. The van der Waals surface area contributed by atoms with E-state index < -0.39 is 11.6 Å². The fourth-order valence-corrected chi connectivity index (χ4v) is 2.07. The molecule has 0 spiro atoms. The van der Waals surface area contributed by atoms with Crippen molar-refractivity contribution in [2.45, 2.75) is 6.92 Å². The van der Waals surface area contributed by atoms with Crippen LogP contribution in [0.1, 0.15) is 33.2 Å². The van der Waals surface area contributed by atoms with Gasteiger partial charge in [-0.3, -0.25) is 9.59 Å². The lowest BCUT2D eigenvalue weighted by molar-refractivity contribution is 0.0817. The summed E-state index contributed by atoms with van der Waals surface area (Å²) in [5.74, 6) is -0.976. The monoisotopic (exact) mass is 328 g/mol. The standard InChI is InChI=1S/C17H13BrO2/c1-2-3-12-4-6-13(7-5-12)16(19)17(20)14-8-10-15(18)11-9-14/h2-11H,1H3/b3-2+. The molecule has 0 fully saturated rings. The molecule has 0 aliphatic carbocycles. The fraction of sp³-hybridized carbons (Fsp3) is 0.0588. The zero-order valence-corrected chi connectivity index (χ0v) is 12.6. The maximum atomic E-state index is 12.1. The predicted octanol–water partition coefficient (Wildman–Crippen LogP) is 4.55. The van der Waals surface area contributed by atoms with Gasteiger partial charge >= 0.3 is 0 Å². The Kier molecular flexibility index (Phi) is 4.64. The molecular formula is C17H13BrO2. The van der Waals surface area contributed by atoms with Gasteiger partial charge in [0, 0.05) is 15.6 Å². The van der Waals surface area contributed by atoms with E-state index in [1.807, 2.05) is 31.2 Å². The third kappa shape index (κ3) is 3.31.